The first kappa shape index (κ1) is 18.3. The Morgan fingerprint density at radius 1 is 1.04 bits per heavy atom. The minimum atomic E-state index is -0.756. The molecule has 3 aromatic rings. The van der Waals surface area contributed by atoms with Crippen molar-refractivity contribution in [1.82, 2.24) is 0 Å². The number of hydrogen-bond donors (Lipinski definition) is 2. The van der Waals surface area contributed by atoms with E-state index in [4.69, 9.17) is 10.5 Å². The highest BCUT2D eigenvalue weighted by Crippen LogP contribution is 2.40. The number of hydrogen-bond acceptors (Lipinski definition) is 4. The maximum Gasteiger partial charge on any atom is 0.252 e. The van der Waals surface area contributed by atoms with Crippen molar-refractivity contribution < 1.29 is 19.4 Å². The molecule has 6 nitrogen and oxygen atoms in total. The van der Waals surface area contributed by atoms with Crippen molar-refractivity contribution in [3.05, 3.63) is 59.7 Å². The second-order valence-corrected chi connectivity index (χ2v) is 6.33. The van der Waals surface area contributed by atoms with Gasteiger partial charge in [0, 0.05) is 24.7 Å². The molecule has 138 valence electrons. The van der Waals surface area contributed by atoms with E-state index in [-0.39, 0.29) is 17.2 Å². The Morgan fingerprint density at radius 3 is 2.33 bits per heavy atom. The van der Waals surface area contributed by atoms with Crippen molar-refractivity contribution >= 4 is 28.3 Å². The molecule has 0 bridgehead atoms. The van der Waals surface area contributed by atoms with Gasteiger partial charge in [0.05, 0.1) is 11.3 Å². The molecule has 0 saturated heterocycles. The van der Waals surface area contributed by atoms with Gasteiger partial charge in [-0.05, 0) is 30.7 Å². The standard InChI is InChI=1S/C21H20N2O4/c1-12-8-9-18(17(10-12)23(3)13(2)24)27-19-11-16(21(22)26)20(25)15-7-5-4-6-14(15)19/h4-11,25H,1-3H3,(H2,22,26). The quantitative estimate of drug-likeness (QED) is 0.738. The van der Waals surface area contributed by atoms with Crippen LogP contribution in [0.25, 0.3) is 10.8 Å². The molecule has 0 fully saturated rings. The van der Waals surface area contributed by atoms with Crippen LogP contribution in [0.1, 0.15) is 22.8 Å². The van der Waals surface area contributed by atoms with Gasteiger partial charge < -0.3 is 20.5 Å². The van der Waals surface area contributed by atoms with Gasteiger partial charge in [-0.25, -0.2) is 0 Å². The van der Waals surface area contributed by atoms with E-state index in [1.807, 2.05) is 19.1 Å². The van der Waals surface area contributed by atoms with Crippen molar-refractivity contribution in [3.8, 4) is 17.2 Å². The van der Waals surface area contributed by atoms with Gasteiger partial charge in [0.1, 0.15) is 11.5 Å². The molecule has 27 heavy (non-hydrogen) atoms. The summed E-state index contributed by atoms with van der Waals surface area (Å²) < 4.78 is 6.08. The Morgan fingerprint density at radius 2 is 1.70 bits per heavy atom. The Balaban J connectivity index is 2.20. The molecule has 0 saturated carbocycles. The van der Waals surface area contributed by atoms with Gasteiger partial charge in [0.15, 0.2) is 5.75 Å². The number of carbonyl (C=O) groups is 2. The van der Waals surface area contributed by atoms with Crippen LogP contribution in [-0.4, -0.2) is 24.0 Å². The Bertz CT molecular complexity index is 1060. The van der Waals surface area contributed by atoms with E-state index in [9.17, 15) is 14.7 Å². The topological polar surface area (TPSA) is 92.9 Å². The van der Waals surface area contributed by atoms with Gasteiger partial charge in [0.25, 0.3) is 5.91 Å². The predicted octanol–water partition coefficient (Wildman–Crippen LogP) is 3.73. The number of phenols is 1. The zero-order valence-electron chi connectivity index (χ0n) is 15.3. The van der Waals surface area contributed by atoms with E-state index in [1.54, 1.807) is 37.4 Å². The smallest absolute Gasteiger partial charge is 0.252 e. The highest BCUT2D eigenvalue weighted by atomic mass is 16.5. The van der Waals surface area contributed by atoms with Crippen LogP contribution in [0.3, 0.4) is 0 Å². The Hall–Kier alpha value is -3.54. The molecule has 0 aliphatic carbocycles. The van der Waals surface area contributed by atoms with Crippen molar-refractivity contribution in [3.63, 3.8) is 0 Å². The molecular formula is C21H20N2O4. The molecule has 0 aliphatic heterocycles. The summed E-state index contributed by atoms with van der Waals surface area (Å²) in [6.07, 6.45) is 0. The summed E-state index contributed by atoms with van der Waals surface area (Å²) in [6, 6.07) is 13.9. The summed E-state index contributed by atoms with van der Waals surface area (Å²) in [4.78, 5) is 25.1. The van der Waals surface area contributed by atoms with Gasteiger partial charge in [0.2, 0.25) is 5.91 Å². The first-order valence-electron chi connectivity index (χ1n) is 8.37. The van der Waals surface area contributed by atoms with E-state index in [0.717, 1.165) is 5.56 Å². The van der Waals surface area contributed by atoms with Crippen LogP contribution < -0.4 is 15.4 Å². The van der Waals surface area contributed by atoms with Crippen LogP contribution in [-0.2, 0) is 4.79 Å². The summed E-state index contributed by atoms with van der Waals surface area (Å²) >= 11 is 0. The number of aromatic hydroxyl groups is 1. The number of carbonyl (C=O) groups excluding carboxylic acids is 2. The van der Waals surface area contributed by atoms with Crippen molar-refractivity contribution in [2.75, 3.05) is 11.9 Å². The third-order valence-electron chi connectivity index (χ3n) is 4.41. The third-order valence-corrected chi connectivity index (χ3v) is 4.41. The summed E-state index contributed by atoms with van der Waals surface area (Å²) in [7, 11) is 1.66. The maximum atomic E-state index is 11.8. The van der Waals surface area contributed by atoms with E-state index < -0.39 is 5.91 Å². The second-order valence-electron chi connectivity index (χ2n) is 6.33. The number of anilines is 1. The average Bonchev–Trinajstić information content (AvgIpc) is 2.64. The molecule has 0 spiro atoms. The zero-order valence-corrected chi connectivity index (χ0v) is 15.3. The van der Waals surface area contributed by atoms with Gasteiger partial charge in [-0.3, -0.25) is 9.59 Å². The number of ether oxygens (including phenoxy) is 1. The van der Waals surface area contributed by atoms with Crippen LogP contribution >= 0.6 is 0 Å². The fraction of sp³-hybridized carbons (Fsp3) is 0.143. The lowest BCUT2D eigenvalue weighted by atomic mass is 10.0. The van der Waals surface area contributed by atoms with Crippen LogP contribution in [0.5, 0.6) is 17.2 Å². The molecule has 0 aromatic heterocycles. The normalized spacial score (nSPS) is 10.6. The average molecular weight is 364 g/mol. The van der Waals surface area contributed by atoms with Gasteiger partial charge in [-0.2, -0.15) is 0 Å². The minimum absolute atomic E-state index is 0.0303. The Labute approximate surface area is 156 Å². The molecular weight excluding hydrogens is 344 g/mol. The highest BCUT2D eigenvalue weighted by Gasteiger charge is 2.18. The van der Waals surface area contributed by atoms with Gasteiger partial charge in [-0.15, -0.1) is 0 Å². The molecule has 0 atom stereocenters. The van der Waals surface area contributed by atoms with Crippen LogP contribution in [0.15, 0.2) is 48.5 Å². The molecule has 0 aliphatic rings. The summed E-state index contributed by atoms with van der Waals surface area (Å²) in [6.45, 7) is 3.38. The summed E-state index contributed by atoms with van der Waals surface area (Å²) in [5.74, 6) is -0.272. The number of nitrogens with two attached hydrogens (primary N) is 1. The number of aryl methyl sites for hydroxylation is 1. The first-order chi connectivity index (χ1) is 12.8. The number of amides is 2. The highest BCUT2D eigenvalue weighted by molar-refractivity contribution is 6.05. The fourth-order valence-corrected chi connectivity index (χ4v) is 2.86. The van der Waals surface area contributed by atoms with Crippen molar-refractivity contribution in [2.24, 2.45) is 5.73 Å². The number of fused-ring (bicyclic) bond motifs is 1. The zero-order chi connectivity index (χ0) is 19.7. The van der Waals surface area contributed by atoms with Crippen LogP contribution in [0.2, 0.25) is 0 Å². The number of rotatable bonds is 4. The first-order valence-corrected chi connectivity index (χ1v) is 8.37. The van der Waals surface area contributed by atoms with Gasteiger partial charge in [-0.1, -0.05) is 30.3 Å². The number of benzene rings is 3. The lowest BCUT2D eigenvalue weighted by Gasteiger charge is -2.21. The van der Waals surface area contributed by atoms with Crippen LogP contribution in [0, 0.1) is 6.92 Å². The molecule has 3 rings (SSSR count). The summed E-state index contributed by atoms with van der Waals surface area (Å²) in [5, 5.41) is 11.4. The van der Waals surface area contributed by atoms with Gasteiger partial charge >= 0.3 is 0 Å². The van der Waals surface area contributed by atoms with E-state index in [0.29, 0.717) is 28.0 Å². The minimum Gasteiger partial charge on any atom is -0.506 e. The van der Waals surface area contributed by atoms with Crippen LogP contribution in [0.4, 0.5) is 5.69 Å². The third kappa shape index (κ3) is 3.42. The van der Waals surface area contributed by atoms with E-state index in [2.05, 4.69) is 0 Å². The molecule has 0 radical (unpaired) electrons. The van der Waals surface area contributed by atoms with E-state index >= 15 is 0 Å². The number of nitrogens with zero attached hydrogens (tertiary/aromatic N) is 1. The number of primary amides is 1. The second kappa shape index (κ2) is 6.99. The molecule has 3 aromatic carbocycles. The predicted molar refractivity (Wildman–Crippen MR) is 104 cm³/mol. The summed E-state index contributed by atoms with van der Waals surface area (Å²) in [5.41, 5.74) is 6.94. The molecule has 6 heteroatoms. The molecule has 0 heterocycles. The Kier molecular flexibility index (Phi) is 4.73. The van der Waals surface area contributed by atoms with Crippen molar-refractivity contribution in [1.29, 1.82) is 0 Å². The largest absolute Gasteiger partial charge is 0.506 e. The van der Waals surface area contributed by atoms with E-state index in [1.165, 1.54) is 17.9 Å². The molecule has 0 unspecified atom stereocenters. The fourth-order valence-electron chi connectivity index (χ4n) is 2.86. The SMILES string of the molecule is CC(=O)N(C)c1cc(C)ccc1Oc1cc(C(N)=O)c(O)c2ccccc12. The molecule has 3 N–H and O–H groups in total. The lowest BCUT2D eigenvalue weighted by Crippen LogP contribution is -2.23. The maximum absolute atomic E-state index is 11.8. The monoisotopic (exact) mass is 364 g/mol. The van der Waals surface area contributed by atoms with Crippen molar-refractivity contribution in [2.45, 2.75) is 13.8 Å². The molecule has 2 amide bonds. The lowest BCUT2D eigenvalue weighted by molar-refractivity contribution is -0.116.